The van der Waals surface area contributed by atoms with Crippen LogP contribution in [0.1, 0.15) is 18.1 Å². The molecule has 0 saturated carbocycles. The molecule has 0 amide bonds. The highest BCUT2D eigenvalue weighted by atomic mass is 32.2. The van der Waals surface area contributed by atoms with Crippen molar-refractivity contribution in [3.63, 3.8) is 0 Å². The summed E-state index contributed by atoms with van der Waals surface area (Å²) in [6, 6.07) is 5.69. The first-order valence-electron chi connectivity index (χ1n) is 5.32. The lowest BCUT2D eigenvalue weighted by molar-refractivity contribution is 0.466. The summed E-state index contributed by atoms with van der Waals surface area (Å²) in [6.07, 6.45) is 1.99. The summed E-state index contributed by atoms with van der Waals surface area (Å²) in [6.45, 7) is 6.10. The second kappa shape index (κ2) is 6.47. The van der Waals surface area contributed by atoms with Crippen LogP contribution < -0.4 is 5.32 Å². The number of allylic oxidation sites excluding steroid dienone is 1. The van der Waals surface area contributed by atoms with E-state index in [4.69, 9.17) is 0 Å². The summed E-state index contributed by atoms with van der Waals surface area (Å²) in [5, 5.41) is 12.9. The second-order valence-corrected chi connectivity index (χ2v) is 4.47. The smallest absolute Gasteiger partial charge is 0.120 e. The molecular weight excluding hydrogens is 232 g/mol. The minimum atomic E-state index is 0.306. The highest BCUT2D eigenvalue weighted by Gasteiger charge is 2.07. The number of nitrogens with zero attached hydrogens (tertiary/aromatic N) is 1. The van der Waals surface area contributed by atoms with Gasteiger partial charge in [0.2, 0.25) is 0 Å². The van der Waals surface area contributed by atoms with E-state index >= 15 is 0 Å². The average Bonchev–Trinajstić information content (AvgIpc) is 2.33. The SMILES string of the molecule is C=N/C(C)=C(\SC)c1ccc(CNC)c(O)c1. The Morgan fingerprint density at radius 3 is 2.71 bits per heavy atom. The molecule has 0 radical (unpaired) electrons. The lowest BCUT2D eigenvalue weighted by Crippen LogP contribution is -2.05. The largest absolute Gasteiger partial charge is 0.508 e. The van der Waals surface area contributed by atoms with Crippen LogP contribution in [0.2, 0.25) is 0 Å². The fraction of sp³-hybridized carbons (Fsp3) is 0.308. The Balaban J connectivity index is 3.16. The molecule has 0 aliphatic heterocycles. The number of thioether (sulfide) groups is 1. The topological polar surface area (TPSA) is 44.6 Å². The molecular formula is C13H18N2OS. The van der Waals surface area contributed by atoms with Crippen LogP contribution in [-0.4, -0.2) is 25.1 Å². The van der Waals surface area contributed by atoms with Crippen molar-refractivity contribution in [2.75, 3.05) is 13.3 Å². The molecule has 1 aromatic carbocycles. The summed E-state index contributed by atoms with van der Waals surface area (Å²) in [5.74, 6) is 0.306. The number of benzene rings is 1. The predicted octanol–water partition coefficient (Wildman–Crippen LogP) is 2.86. The van der Waals surface area contributed by atoms with Crippen LogP contribution in [0.15, 0.2) is 28.9 Å². The normalized spacial score (nSPS) is 12.2. The Bertz CT molecular complexity index is 441. The maximum absolute atomic E-state index is 9.90. The minimum Gasteiger partial charge on any atom is -0.508 e. The summed E-state index contributed by atoms with van der Waals surface area (Å²) in [7, 11) is 1.85. The summed E-state index contributed by atoms with van der Waals surface area (Å²) >= 11 is 1.60. The van der Waals surface area contributed by atoms with Crippen LogP contribution in [0.3, 0.4) is 0 Å². The number of hydrogen-bond acceptors (Lipinski definition) is 4. The van der Waals surface area contributed by atoms with Crippen molar-refractivity contribution < 1.29 is 5.11 Å². The van der Waals surface area contributed by atoms with Gasteiger partial charge in [0, 0.05) is 17.0 Å². The van der Waals surface area contributed by atoms with Gasteiger partial charge in [0.1, 0.15) is 5.75 Å². The molecule has 4 heteroatoms. The summed E-state index contributed by atoms with van der Waals surface area (Å²) in [5.41, 5.74) is 2.74. The van der Waals surface area contributed by atoms with E-state index in [0.29, 0.717) is 12.3 Å². The van der Waals surface area contributed by atoms with Gasteiger partial charge < -0.3 is 10.4 Å². The zero-order chi connectivity index (χ0) is 12.8. The molecule has 3 nitrogen and oxygen atoms in total. The molecule has 0 unspecified atom stereocenters. The van der Waals surface area contributed by atoms with E-state index < -0.39 is 0 Å². The Morgan fingerprint density at radius 2 is 2.24 bits per heavy atom. The van der Waals surface area contributed by atoms with Gasteiger partial charge in [-0.05, 0) is 38.6 Å². The van der Waals surface area contributed by atoms with Crippen LogP contribution in [0.4, 0.5) is 0 Å². The molecule has 0 saturated heterocycles. The van der Waals surface area contributed by atoms with Gasteiger partial charge in [0.15, 0.2) is 0 Å². The molecule has 0 aromatic heterocycles. The van der Waals surface area contributed by atoms with Gasteiger partial charge in [-0.3, -0.25) is 4.99 Å². The van der Waals surface area contributed by atoms with Crippen LogP contribution in [0, 0.1) is 0 Å². The van der Waals surface area contributed by atoms with E-state index in [0.717, 1.165) is 21.7 Å². The van der Waals surface area contributed by atoms with Crippen LogP contribution in [0.25, 0.3) is 4.91 Å². The fourth-order valence-corrected chi connectivity index (χ4v) is 2.31. The second-order valence-electron chi connectivity index (χ2n) is 3.65. The first kappa shape index (κ1) is 13.8. The van der Waals surface area contributed by atoms with Crippen LogP contribution in [-0.2, 0) is 6.54 Å². The van der Waals surface area contributed by atoms with E-state index in [2.05, 4.69) is 17.0 Å². The van der Waals surface area contributed by atoms with Crippen LogP contribution >= 0.6 is 11.8 Å². The van der Waals surface area contributed by atoms with Crippen molar-refractivity contribution in [3.8, 4) is 5.75 Å². The number of rotatable bonds is 5. The third kappa shape index (κ3) is 3.35. The predicted molar refractivity (Wildman–Crippen MR) is 76.5 cm³/mol. The Morgan fingerprint density at radius 1 is 1.53 bits per heavy atom. The van der Waals surface area contributed by atoms with E-state index in [1.54, 1.807) is 17.8 Å². The van der Waals surface area contributed by atoms with E-state index in [1.165, 1.54) is 0 Å². The lowest BCUT2D eigenvalue weighted by atomic mass is 10.1. The third-order valence-electron chi connectivity index (χ3n) is 2.48. The zero-order valence-electron chi connectivity index (χ0n) is 10.4. The van der Waals surface area contributed by atoms with Gasteiger partial charge in [0.25, 0.3) is 0 Å². The molecule has 0 bridgehead atoms. The highest BCUT2D eigenvalue weighted by molar-refractivity contribution is 8.07. The van der Waals surface area contributed by atoms with Gasteiger partial charge in [-0.25, -0.2) is 0 Å². The van der Waals surface area contributed by atoms with E-state index in [1.807, 2.05) is 32.4 Å². The zero-order valence-corrected chi connectivity index (χ0v) is 11.3. The van der Waals surface area contributed by atoms with Gasteiger partial charge in [0.05, 0.1) is 5.70 Å². The fourth-order valence-electron chi connectivity index (χ4n) is 1.59. The maximum Gasteiger partial charge on any atom is 0.120 e. The molecule has 0 atom stereocenters. The van der Waals surface area contributed by atoms with Crippen molar-refractivity contribution >= 4 is 23.4 Å². The standard InChI is InChI=1S/C13H18N2OS/c1-9(15-3)13(17-4)10-5-6-11(8-14-2)12(16)7-10/h5-7,14,16H,3,8H2,1-2,4H3/b13-9-. The number of aromatic hydroxyl groups is 1. The van der Waals surface area contributed by atoms with Gasteiger partial charge in [-0.2, -0.15) is 0 Å². The third-order valence-corrected chi connectivity index (χ3v) is 3.42. The first-order chi connectivity index (χ1) is 8.13. The quantitative estimate of drug-likeness (QED) is 0.790. The minimum absolute atomic E-state index is 0.306. The van der Waals surface area contributed by atoms with Crippen molar-refractivity contribution in [3.05, 3.63) is 35.0 Å². The molecule has 0 fully saturated rings. The van der Waals surface area contributed by atoms with E-state index in [-0.39, 0.29) is 0 Å². The van der Waals surface area contributed by atoms with Crippen molar-refractivity contribution in [2.45, 2.75) is 13.5 Å². The summed E-state index contributed by atoms with van der Waals surface area (Å²) < 4.78 is 0. The highest BCUT2D eigenvalue weighted by Crippen LogP contribution is 2.32. The number of aliphatic imine (C=N–C) groups is 1. The van der Waals surface area contributed by atoms with E-state index in [9.17, 15) is 5.11 Å². The number of hydrogen-bond donors (Lipinski definition) is 2. The first-order valence-corrected chi connectivity index (χ1v) is 6.55. The van der Waals surface area contributed by atoms with Crippen molar-refractivity contribution in [1.82, 2.24) is 5.32 Å². The monoisotopic (exact) mass is 250 g/mol. The average molecular weight is 250 g/mol. The van der Waals surface area contributed by atoms with Crippen molar-refractivity contribution in [2.24, 2.45) is 4.99 Å². The maximum atomic E-state index is 9.90. The van der Waals surface area contributed by atoms with Crippen LogP contribution in [0.5, 0.6) is 5.75 Å². The van der Waals surface area contributed by atoms with Gasteiger partial charge >= 0.3 is 0 Å². The van der Waals surface area contributed by atoms with Gasteiger partial charge in [-0.1, -0.05) is 12.1 Å². The number of nitrogens with one attached hydrogen (secondary N) is 1. The molecule has 92 valence electrons. The molecule has 2 N–H and O–H groups in total. The Kier molecular flexibility index (Phi) is 5.25. The molecule has 0 aliphatic rings. The molecule has 0 spiro atoms. The lowest BCUT2D eigenvalue weighted by Gasteiger charge is -2.10. The number of phenols is 1. The molecule has 0 heterocycles. The number of phenolic OH excluding ortho intramolecular Hbond substituents is 1. The molecule has 0 aliphatic carbocycles. The molecule has 1 rings (SSSR count). The Hall–Kier alpha value is -1.26. The molecule has 1 aromatic rings. The van der Waals surface area contributed by atoms with Gasteiger partial charge in [-0.15, -0.1) is 11.8 Å². The van der Waals surface area contributed by atoms with Crippen molar-refractivity contribution in [1.29, 1.82) is 0 Å². The molecule has 17 heavy (non-hydrogen) atoms. The Labute approximate surface area is 107 Å². The summed E-state index contributed by atoms with van der Waals surface area (Å²) in [4.78, 5) is 4.97.